The van der Waals surface area contributed by atoms with Crippen LogP contribution in [0.15, 0.2) is 41.0 Å². The van der Waals surface area contributed by atoms with Crippen molar-refractivity contribution in [3.8, 4) is 0 Å². The summed E-state index contributed by atoms with van der Waals surface area (Å²) in [5, 5.41) is 9.20. The fourth-order valence-electron chi connectivity index (χ4n) is 1.78. The minimum Gasteiger partial charge on any atom is -0.395 e. The number of hydrogen-bond acceptors (Lipinski definition) is 5. The first-order valence-electron chi connectivity index (χ1n) is 5.88. The quantitative estimate of drug-likeness (QED) is 0.878. The number of rotatable bonds is 5. The Labute approximate surface area is 120 Å². The molecule has 6 heteroatoms. The van der Waals surface area contributed by atoms with Crippen LogP contribution < -0.4 is 10.6 Å². The number of nitrogen functional groups attached to an aromatic ring is 1. The monoisotopic (exact) mass is 322 g/mol. The highest BCUT2D eigenvalue weighted by Gasteiger charge is 2.13. The maximum atomic E-state index is 9.20. The summed E-state index contributed by atoms with van der Waals surface area (Å²) in [4.78, 5) is 10.1. The molecule has 0 fully saturated rings. The molecule has 0 spiro atoms. The molecule has 0 radical (unpaired) electrons. The summed E-state index contributed by atoms with van der Waals surface area (Å²) in [6.45, 7) is 1.17. The van der Waals surface area contributed by atoms with E-state index >= 15 is 0 Å². The van der Waals surface area contributed by atoms with Crippen LogP contribution in [0.1, 0.15) is 5.56 Å². The average molecular weight is 323 g/mol. The van der Waals surface area contributed by atoms with E-state index in [0.29, 0.717) is 18.9 Å². The summed E-state index contributed by atoms with van der Waals surface area (Å²) in [7, 11) is 0. The second-order valence-corrected chi connectivity index (χ2v) is 4.88. The van der Waals surface area contributed by atoms with E-state index < -0.39 is 0 Å². The van der Waals surface area contributed by atoms with Crippen LogP contribution in [-0.2, 0) is 6.54 Å². The van der Waals surface area contributed by atoms with E-state index in [1.54, 1.807) is 6.20 Å². The third-order valence-corrected chi connectivity index (χ3v) is 3.19. The number of hydrogen-bond donors (Lipinski definition) is 2. The molecule has 0 saturated carbocycles. The average Bonchev–Trinajstić information content (AvgIpc) is 2.42. The molecule has 1 heterocycles. The van der Waals surface area contributed by atoms with Crippen LogP contribution in [0.2, 0.25) is 0 Å². The zero-order valence-corrected chi connectivity index (χ0v) is 11.9. The van der Waals surface area contributed by atoms with Crippen molar-refractivity contribution < 1.29 is 5.11 Å². The molecule has 0 aliphatic carbocycles. The van der Waals surface area contributed by atoms with Gasteiger partial charge in [-0.15, -0.1) is 0 Å². The van der Waals surface area contributed by atoms with Crippen molar-refractivity contribution in [3.63, 3.8) is 0 Å². The molecule has 0 aliphatic heterocycles. The molecular formula is C13H15BrN4O. The first-order valence-corrected chi connectivity index (χ1v) is 6.67. The van der Waals surface area contributed by atoms with Gasteiger partial charge in [0.05, 0.1) is 11.1 Å². The lowest BCUT2D eigenvalue weighted by atomic mass is 10.2. The zero-order chi connectivity index (χ0) is 13.7. The van der Waals surface area contributed by atoms with E-state index in [1.807, 2.05) is 35.2 Å². The second kappa shape index (κ2) is 6.49. The Hall–Kier alpha value is -1.66. The summed E-state index contributed by atoms with van der Waals surface area (Å²) in [5.74, 6) is 0.902. The van der Waals surface area contributed by atoms with Gasteiger partial charge in [-0.2, -0.15) is 4.98 Å². The maximum Gasteiger partial charge on any atom is 0.222 e. The molecule has 1 aromatic carbocycles. The number of nitrogens with two attached hydrogens (primary N) is 1. The van der Waals surface area contributed by atoms with Gasteiger partial charge in [-0.05, 0) is 21.5 Å². The minimum absolute atomic E-state index is 0.0448. The third kappa shape index (κ3) is 3.65. The van der Waals surface area contributed by atoms with Crippen LogP contribution in [0.4, 0.5) is 11.8 Å². The molecule has 0 aliphatic rings. The lowest BCUT2D eigenvalue weighted by molar-refractivity contribution is 0.301. The van der Waals surface area contributed by atoms with Gasteiger partial charge in [0.2, 0.25) is 5.95 Å². The fourth-order valence-corrected chi connectivity index (χ4v) is 2.22. The van der Waals surface area contributed by atoms with Crippen molar-refractivity contribution >= 4 is 27.7 Å². The standard InChI is InChI=1S/C13H15BrN4O/c14-11-8-16-13(15)17-12(11)18(6-7-19)9-10-4-2-1-3-5-10/h1-5,8,19H,6-7,9H2,(H2,15,16,17). The van der Waals surface area contributed by atoms with E-state index in [4.69, 9.17) is 5.73 Å². The molecule has 0 unspecified atom stereocenters. The van der Waals surface area contributed by atoms with E-state index in [1.165, 1.54) is 0 Å². The molecule has 100 valence electrons. The van der Waals surface area contributed by atoms with E-state index in [2.05, 4.69) is 25.9 Å². The number of halogens is 1. The first-order chi connectivity index (χ1) is 9.20. The van der Waals surface area contributed by atoms with Gasteiger partial charge in [0.1, 0.15) is 5.82 Å². The summed E-state index contributed by atoms with van der Waals surface area (Å²) >= 11 is 3.41. The Morgan fingerprint density at radius 3 is 2.68 bits per heavy atom. The molecule has 3 N–H and O–H groups in total. The van der Waals surface area contributed by atoms with E-state index in [0.717, 1.165) is 10.0 Å². The van der Waals surface area contributed by atoms with Crippen molar-refractivity contribution in [1.82, 2.24) is 9.97 Å². The van der Waals surface area contributed by atoms with Crippen molar-refractivity contribution in [2.45, 2.75) is 6.54 Å². The highest BCUT2D eigenvalue weighted by atomic mass is 79.9. The topological polar surface area (TPSA) is 75.3 Å². The van der Waals surface area contributed by atoms with E-state index in [9.17, 15) is 5.11 Å². The van der Waals surface area contributed by atoms with Crippen LogP contribution in [-0.4, -0.2) is 28.2 Å². The van der Waals surface area contributed by atoms with Gasteiger partial charge in [-0.3, -0.25) is 0 Å². The summed E-state index contributed by atoms with van der Waals surface area (Å²) < 4.78 is 0.756. The highest BCUT2D eigenvalue weighted by Crippen LogP contribution is 2.24. The van der Waals surface area contributed by atoms with Gasteiger partial charge >= 0.3 is 0 Å². The van der Waals surface area contributed by atoms with Crippen LogP contribution in [0.3, 0.4) is 0 Å². The molecule has 2 aromatic rings. The summed E-state index contributed by atoms with van der Waals surface area (Å²) in [6.07, 6.45) is 1.62. The fraction of sp³-hybridized carbons (Fsp3) is 0.231. The minimum atomic E-state index is 0.0448. The number of aromatic nitrogens is 2. The molecule has 19 heavy (non-hydrogen) atoms. The lowest BCUT2D eigenvalue weighted by Gasteiger charge is -2.24. The molecule has 2 rings (SSSR count). The Bertz CT molecular complexity index is 535. The van der Waals surface area contributed by atoms with Crippen molar-refractivity contribution in [2.75, 3.05) is 23.8 Å². The van der Waals surface area contributed by atoms with Crippen LogP contribution in [0.25, 0.3) is 0 Å². The van der Waals surface area contributed by atoms with Crippen molar-refractivity contribution in [2.24, 2.45) is 0 Å². The van der Waals surface area contributed by atoms with Gasteiger partial charge in [0.25, 0.3) is 0 Å². The molecule has 1 aromatic heterocycles. The smallest absolute Gasteiger partial charge is 0.222 e. The first kappa shape index (κ1) is 13.8. The molecule has 5 nitrogen and oxygen atoms in total. The predicted octanol–water partition coefficient (Wildman–Crippen LogP) is 1.82. The molecule has 0 bridgehead atoms. The number of aliphatic hydroxyl groups excluding tert-OH is 1. The van der Waals surface area contributed by atoms with Crippen LogP contribution in [0.5, 0.6) is 0 Å². The Balaban J connectivity index is 2.27. The number of aliphatic hydroxyl groups is 1. The van der Waals surface area contributed by atoms with Gasteiger partial charge in [0.15, 0.2) is 0 Å². The summed E-state index contributed by atoms with van der Waals surface area (Å²) in [6, 6.07) is 10.00. The van der Waals surface area contributed by atoms with Crippen LogP contribution >= 0.6 is 15.9 Å². The van der Waals surface area contributed by atoms with Crippen molar-refractivity contribution in [1.29, 1.82) is 0 Å². The number of anilines is 2. The molecule has 0 atom stereocenters. The molecule has 0 saturated heterocycles. The molecular weight excluding hydrogens is 308 g/mol. The Morgan fingerprint density at radius 2 is 2.00 bits per heavy atom. The maximum absolute atomic E-state index is 9.20. The number of benzene rings is 1. The second-order valence-electron chi connectivity index (χ2n) is 4.03. The van der Waals surface area contributed by atoms with Gasteiger partial charge < -0.3 is 15.7 Å². The van der Waals surface area contributed by atoms with Gasteiger partial charge in [-0.1, -0.05) is 30.3 Å². The predicted molar refractivity (Wildman–Crippen MR) is 78.7 cm³/mol. The largest absolute Gasteiger partial charge is 0.395 e. The highest BCUT2D eigenvalue weighted by molar-refractivity contribution is 9.10. The Morgan fingerprint density at radius 1 is 1.26 bits per heavy atom. The lowest BCUT2D eigenvalue weighted by Crippen LogP contribution is -2.27. The number of nitrogens with zero attached hydrogens (tertiary/aromatic N) is 3. The van der Waals surface area contributed by atoms with Gasteiger partial charge in [-0.25, -0.2) is 4.98 Å². The SMILES string of the molecule is Nc1ncc(Br)c(N(CCO)Cc2ccccc2)n1. The van der Waals surface area contributed by atoms with Crippen LogP contribution in [0, 0.1) is 0 Å². The van der Waals surface area contributed by atoms with Crippen molar-refractivity contribution in [3.05, 3.63) is 46.6 Å². The molecule has 0 amide bonds. The van der Waals surface area contributed by atoms with Gasteiger partial charge in [0, 0.05) is 19.3 Å². The summed E-state index contributed by atoms with van der Waals surface area (Å²) in [5.41, 5.74) is 6.76. The van der Waals surface area contributed by atoms with E-state index in [-0.39, 0.29) is 12.6 Å². The third-order valence-electron chi connectivity index (χ3n) is 2.63. The Kier molecular flexibility index (Phi) is 4.70. The zero-order valence-electron chi connectivity index (χ0n) is 10.3. The normalized spacial score (nSPS) is 10.4.